The van der Waals surface area contributed by atoms with Gasteiger partial charge in [0.1, 0.15) is 18.2 Å². The number of halogens is 5. The van der Waals surface area contributed by atoms with E-state index in [4.69, 9.17) is 16.3 Å². The summed E-state index contributed by atoms with van der Waals surface area (Å²) < 4.78 is 62.4. The highest BCUT2D eigenvalue weighted by Crippen LogP contribution is 2.39. The van der Waals surface area contributed by atoms with Gasteiger partial charge in [0.05, 0.1) is 28.0 Å². The minimum atomic E-state index is -4.60. The number of hydrogen-bond acceptors (Lipinski definition) is 3. The molecule has 0 atom stereocenters. The number of ether oxygens (including phenoxy) is 1. The van der Waals surface area contributed by atoms with Crippen molar-refractivity contribution in [1.29, 1.82) is 0 Å². The van der Waals surface area contributed by atoms with Crippen molar-refractivity contribution in [2.75, 3.05) is 0 Å². The van der Waals surface area contributed by atoms with E-state index in [1.165, 1.54) is 23.7 Å². The molecule has 36 heavy (non-hydrogen) atoms. The van der Waals surface area contributed by atoms with Crippen LogP contribution in [0.1, 0.15) is 16.8 Å². The molecule has 2 heterocycles. The van der Waals surface area contributed by atoms with Gasteiger partial charge in [0.25, 0.3) is 0 Å². The van der Waals surface area contributed by atoms with Crippen molar-refractivity contribution < 1.29 is 22.3 Å². The molecule has 0 amide bonds. The molecule has 3 aromatic carbocycles. The van der Waals surface area contributed by atoms with Crippen molar-refractivity contribution in [3.63, 3.8) is 0 Å². The Morgan fingerprint density at radius 1 is 0.917 bits per heavy atom. The lowest BCUT2D eigenvalue weighted by Crippen LogP contribution is -2.08. The number of rotatable bonds is 5. The third-order valence-corrected chi connectivity index (χ3v) is 5.91. The van der Waals surface area contributed by atoms with Crippen LogP contribution < -0.4 is 4.74 Å². The Labute approximate surface area is 208 Å². The normalized spacial score (nSPS) is 11.7. The summed E-state index contributed by atoms with van der Waals surface area (Å²) in [7, 11) is 0. The molecule has 5 aromatic rings. The first-order chi connectivity index (χ1) is 17.2. The third-order valence-electron chi connectivity index (χ3n) is 5.66. The Bertz CT molecular complexity index is 1530. The molecule has 0 N–H and O–H groups in total. The van der Waals surface area contributed by atoms with E-state index in [9.17, 15) is 17.6 Å². The molecule has 0 radical (unpaired) electrons. The summed E-state index contributed by atoms with van der Waals surface area (Å²) in [5, 5.41) is 4.78. The molecule has 0 aliphatic heterocycles. The Kier molecular flexibility index (Phi) is 6.14. The van der Waals surface area contributed by atoms with Crippen LogP contribution in [0.2, 0.25) is 5.02 Å². The molecule has 0 saturated heterocycles. The van der Waals surface area contributed by atoms with Crippen molar-refractivity contribution >= 4 is 22.6 Å². The first-order valence-electron chi connectivity index (χ1n) is 10.9. The molecule has 182 valence electrons. The number of hydrogen-bond donors (Lipinski definition) is 0. The molecule has 2 aromatic heterocycles. The lowest BCUT2D eigenvalue weighted by atomic mass is 10.0. The van der Waals surface area contributed by atoms with Crippen LogP contribution in [0.4, 0.5) is 17.6 Å². The maximum absolute atomic E-state index is 14.1. The van der Waals surface area contributed by atoms with Gasteiger partial charge in [-0.2, -0.15) is 18.3 Å². The summed E-state index contributed by atoms with van der Waals surface area (Å²) >= 11 is 5.97. The molecular formula is C27H18ClF4N3O. The van der Waals surface area contributed by atoms with E-state index in [1.54, 1.807) is 60.7 Å². The van der Waals surface area contributed by atoms with E-state index in [-0.39, 0.29) is 34.8 Å². The molecule has 0 spiro atoms. The van der Waals surface area contributed by atoms with Gasteiger partial charge in [-0.1, -0.05) is 23.7 Å². The highest BCUT2D eigenvalue weighted by molar-refractivity contribution is 6.30. The fraction of sp³-hybridized carbons (Fsp3) is 0.111. The van der Waals surface area contributed by atoms with Crippen molar-refractivity contribution in [3.05, 3.63) is 107 Å². The van der Waals surface area contributed by atoms with Crippen molar-refractivity contribution in [1.82, 2.24) is 14.8 Å². The SMILES string of the molecule is Cc1nn(-c2ccc(Cl)cc2)c2nc(-c3ccc(OCc4ccc(F)cc4)cc3)cc(C(F)(F)F)c12. The highest BCUT2D eigenvalue weighted by atomic mass is 35.5. The lowest BCUT2D eigenvalue weighted by molar-refractivity contribution is -0.136. The molecule has 0 aliphatic carbocycles. The van der Waals surface area contributed by atoms with Gasteiger partial charge in [-0.05, 0) is 79.2 Å². The summed E-state index contributed by atoms with van der Waals surface area (Å²) in [5.74, 6) is 0.181. The topological polar surface area (TPSA) is 39.9 Å². The van der Waals surface area contributed by atoms with Crippen LogP contribution >= 0.6 is 11.6 Å². The first kappa shape index (κ1) is 23.8. The Morgan fingerprint density at radius 3 is 2.22 bits per heavy atom. The summed E-state index contributed by atoms with van der Waals surface area (Å²) in [6.45, 7) is 1.75. The number of aromatic nitrogens is 3. The Morgan fingerprint density at radius 2 is 1.58 bits per heavy atom. The molecule has 0 aliphatic rings. The van der Waals surface area contributed by atoms with Crippen LogP contribution in [0.3, 0.4) is 0 Å². The quantitative estimate of drug-likeness (QED) is 0.226. The van der Waals surface area contributed by atoms with E-state index in [1.807, 2.05) is 0 Å². The largest absolute Gasteiger partial charge is 0.489 e. The van der Waals surface area contributed by atoms with E-state index in [0.717, 1.165) is 11.6 Å². The molecular weight excluding hydrogens is 494 g/mol. The van der Waals surface area contributed by atoms with Gasteiger partial charge in [-0.15, -0.1) is 0 Å². The number of pyridine rings is 1. The van der Waals surface area contributed by atoms with E-state index in [0.29, 0.717) is 22.0 Å². The molecule has 0 unspecified atom stereocenters. The zero-order valence-electron chi connectivity index (χ0n) is 18.9. The van der Waals surface area contributed by atoms with Gasteiger partial charge in [0, 0.05) is 10.6 Å². The second kappa shape index (κ2) is 9.28. The van der Waals surface area contributed by atoms with Crippen LogP contribution in [0, 0.1) is 12.7 Å². The Hall–Kier alpha value is -3.91. The van der Waals surface area contributed by atoms with Crippen molar-refractivity contribution in [2.45, 2.75) is 19.7 Å². The average molecular weight is 512 g/mol. The van der Waals surface area contributed by atoms with Crippen LogP contribution in [0.25, 0.3) is 28.0 Å². The summed E-state index contributed by atoms with van der Waals surface area (Å²) in [6, 6.07) is 20.2. The maximum Gasteiger partial charge on any atom is 0.417 e. The Balaban J connectivity index is 1.53. The second-order valence-corrected chi connectivity index (χ2v) is 8.60. The zero-order valence-corrected chi connectivity index (χ0v) is 19.6. The summed E-state index contributed by atoms with van der Waals surface area (Å²) in [4.78, 5) is 4.56. The number of benzene rings is 3. The number of aryl methyl sites for hydroxylation is 1. The highest BCUT2D eigenvalue weighted by Gasteiger charge is 2.35. The maximum atomic E-state index is 14.1. The standard InChI is InChI=1S/C27H18ClF4N3O/c1-16-25-23(27(30,31)32)14-24(33-26(25)35(34-16)21-10-6-19(28)7-11-21)18-4-12-22(13-5-18)36-15-17-2-8-20(29)9-3-17/h2-14H,15H2,1H3. The number of fused-ring (bicyclic) bond motifs is 1. The fourth-order valence-electron chi connectivity index (χ4n) is 3.89. The number of nitrogens with zero attached hydrogens (tertiary/aromatic N) is 3. The smallest absolute Gasteiger partial charge is 0.417 e. The van der Waals surface area contributed by atoms with Gasteiger partial charge in [0.2, 0.25) is 0 Å². The van der Waals surface area contributed by atoms with E-state index in [2.05, 4.69) is 10.1 Å². The van der Waals surface area contributed by atoms with Gasteiger partial charge < -0.3 is 4.74 Å². The van der Waals surface area contributed by atoms with Gasteiger partial charge in [-0.25, -0.2) is 14.1 Å². The third kappa shape index (κ3) is 4.77. The van der Waals surface area contributed by atoms with Crippen LogP contribution in [0.5, 0.6) is 5.75 Å². The minimum Gasteiger partial charge on any atom is -0.489 e. The predicted molar refractivity (Wildman–Crippen MR) is 130 cm³/mol. The molecule has 0 saturated carbocycles. The zero-order chi connectivity index (χ0) is 25.4. The first-order valence-corrected chi connectivity index (χ1v) is 11.3. The van der Waals surface area contributed by atoms with Gasteiger partial charge >= 0.3 is 6.18 Å². The fourth-order valence-corrected chi connectivity index (χ4v) is 4.02. The summed E-state index contributed by atoms with van der Waals surface area (Å²) in [5.41, 5.74) is 1.46. The minimum absolute atomic E-state index is 0.0551. The lowest BCUT2D eigenvalue weighted by Gasteiger charge is -2.12. The monoisotopic (exact) mass is 511 g/mol. The van der Waals surface area contributed by atoms with Gasteiger partial charge in [-0.3, -0.25) is 0 Å². The molecule has 0 bridgehead atoms. The van der Waals surface area contributed by atoms with Crippen LogP contribution in [-0.4, -0.2) is 14.8 Å². The number of alkyl halides is 3. The summed E-state index contributed by atoms with van der Waals surface area (Å²) in [6.07, 6.45) is -4.60. The molecule has 4 nitrogen and oxygen atoms in total. The molecule has 5 rings (SSSR count). The van der Waals surface area contributed by atoms with E-state index < -0.39 is 11.7 Å². The van der Waals surface area contributed by atoms with E-state index >= 15 is 0 Å². The molecule has 0 fully saturated rings. The average Bonchev–Trinajstić information content (AvgIpc) is 3.19. The predicted octanol–water partition coefficient (Wildman–Crippen LogP) is 7.79. The van der Waals surface area contributed by atoms with Crippen molar-refractivity contribution in [3.8, 4) is 22.7 Å². The van der Waals surface area contributed by atoms with Crippen molar-refractivity contribution in [2.24, 2.45) is 0 Å². The second-order valence-electron chi connectivity index (χ2n) is 8.16. The molecule has 9 heteroatoms. The van der Waals surface area contributed by atoms with Crippen LogP contribution in [-0.2, 0) is 12.8 Å². The van der Waals surface area contributed by atoms with Gasteiger partial charge in [0.15, 0.2) is 5.65 Å². The van der Waals surface area contributed by atoms with Crippen LogP contribution in [0.15, 0.2) is 78.9 Å².